The molecule has 1 aliphatic rings. The van der Waals surface area contributed by atoms with Gasteiger partial charge in [-0.2, -0.15) is 4.72 Å². The van der Waals surface area contributed by atoms with Crippen molar-refractivity contribution in [3.8, 4) is 5.75 Å². The van der Waals surface area contributed by atoms with E-state index in [1.165, 1.54) is 30.0 Å². The minimum atomic E-state index is -4.03. The first-order valence-corrected chi connectivity index (χ1v) is 12.5. The number of carboxylic acid groups (broad SMARTS) is 1. The molecule has 34 heavy (non-hydrogen) atoms. The molecule has 178 valence electrons. The van der Waals surface area contributed by atoms with Gasteiger partial charge in [0, 0.05) is 37.6 Å². The van der Waals surface area contributed by atoms with Gasteiger partial charge in [0.15, 0.2) is 0 Å². The van der Waals surface area contributed by atoms with Crippen molar-refractivity contribution in [3.05, 3.63) is 84.4 Å². The van der Waals surface area contributed by atoms with Gasteiger partial charge >= 0.3 is 5.97 Å². The van der Waals surface area contributed by atoms with E-state index in [0.29, 0.717) is 5.56 Å². The van der Waals surface area contributed by atoms with Gasteiger partial charge < -0.3 is 20.0 Å². The molecule has 0 radical (unpaired) electrons. The average molecular weight is 482 g/mol. The van der Waals surface area contributed by atoms with Gasteiger partial charge in [-0.25, -0.2) is 8.42 Å². The molecule has 1 aliphatic heterocycles. The monoisotopic (exact) mass is 481 g/mol. The number of anilines is 2. The third-order valence-electron chi connectivity index (χ3n) is 5.88. The summed E-state index contributed by atoms with van der Waals surface area (Å²) >= 11 is 0. The molecule has 9 heteroatoms. The number of sulfonamides is 1. The number of hydrogen-bond donors (Lipinski definition) is 3. The fraction of sp³-hybridized carbons (Fsp3) is 0.240. The number of aliphatic carboxylic acids is 1. The van der Waals surface area contributed by atoms with Crippen LogP contribution in [0.1, 0.15) is 5.56 Å². The van der Waals surface area contributed by atoms with Gasteiger partial charge in [0.25, 0.3) is 0 Å². The fourth-order valence-electron chi connectivity index (χ4n) is 4.00. The second-order valence-corrected chi connectivity index (χ2v) is 9.90. The molecule has 0 bridgehead atoms. The molecule has 0 unspecified atom stereocenters. The fourth-order valence-corrected chi connectivity index (χ4v) is 5.19. The molecule has 0 spiro atoms. The van der Waals surface area contributed by atoms with Gasteiger partial charge in [-0.1, -0.05) is 30.3 Å². The molecule has 3 aromatic carbocycles. The maximum Gasteiger partial charge on any atom is 0.322 e. The smallest absolute Gasteiger partial charge is 0.322 e. The van der Waals surface area contributed by atoms with Crippen LogP contribution < -0.4 is 14.5 Å². The van der Waals surface area contributed by atoms with Crippen molar-refractivity contribution >= 4 is 27.4 Å². The van der Waals surface area contributed by atoms with Crippen LogP contribution in [0.4, 0.5) is 11.4 Å². The first-order valence-electron chi connectivity index (χ1n) is 11.0. The molecular formula is C25H27N3O5S. The lowest BCUT2D eigenvalue weighted by Gasteiger charge is -2.37. The third-order valence-corrected chi connectivity index (χ3v) is 7.37. The van der Waals surface area contributed by atoms with Crippen LogP contribution in [0.5, 0.6) is 5.75 Å². The topological polar surface area (TPSA) is 110 Å². The number of benzene rings is 3. The van der Waals surface area contributed by atoms with E-state index in [-0.39, 0.29) is 17.1 Å². The summed E-state index contributed by atoms with van der Waals surface area (Å²) in [4.78, 5) is 16.2. The van der Waals surface area contributed by atoms with Gasteiger partial charge in [-0.3, -0.25) is 4.79 Å². The highest BCUT2D eigenvalue weighted by Crippen LogP contribution is 2.22. The van der Waals surface area contributed by atoms with E-state index in [1.54, 1.807) is 24.3 Å². The van der Waals surface area contributed by atoms with E-state index >= 15 is 0 Å². The molecule has 1 atom stereocenters. The van der Waals surface area contributed by atoms with Crippen LogP contribution in [0.3, 0.4) is 0 Å². The van der Waals surface area contributed by atoms with E-state index in [0.717, 1.165) is 31.9 Å². The average Bonchev–Trinajstić information content (AvgIpc) is 2.85. The lowest BCUT2D eigenvalue weighted by atomic mass is 10.1. The molecule has 0 amide bonds. The van der Waals surface area contributed by atoms with Gasteiger partial charge in [-0.05, 0) is 60.5 Å². The number of carbonyl (C=O) groups is 1. The molecule has 1 saturated heterocycles. The van der Waals surface area contributed by atoms with E-state index in [2.05, 4.69) is 26.7 Å². The van der Waals surface area contributed by atoms with Crippen molar-refractivity contribution in [2.24, 2.45) is 0 Å². The normalized spacial score (nSPS) is 15.2. The van der Waals surface area contributed by atoms with Crippen molar-refractivity contribution in [2.45, 2.75) is 17.4 Å². The van der Waals surface area contributed by atoms with Gasteiger partial charge in [0.1, 0.15) is 11.8 Å². The van der Waals surface area contributed by atoms with Gasteiger partial charge in [-0.15, -0.1) is 0 Å². The predicted octanol–water partition coefficient (Wildman–Crippen LogP) is 2.69. The molecule has 0 aliphatic carbocycles. The second kappa shape index (κ2) is 10.1. The number of carboxylic acids is 1. The number of nitrogens with zero attached hydrogens (tertiary/aromatic N) is 2. The molecule has 3 aromatic rings. The number of rotatable bonds is 8. The molecule has 1 fully saturated rings. The first-order chi connectivity index (χ1) is 16.3. The number of phenols is 1. The Hall–Kier alpha value is -3.56. The Morgan fingerprint density at radius 3 is 1.88 bits per heavy atom. The summed E-state index contributed by atoms with van der Waals surface area (Å²) < 4.78 is 28.0. The summed E-state index contributed by atoms with van der Waals surface area (Å²) in [6.45, 7) is 3.35. The highest BCUT2D eigenvalue weighted by atomic mass is 32.2. The highest BCUT2D eigenvalue weighted by molar-refractivity contribution is 7.89. The van der Waals surface area contributed by atoms with E-state index in [4.69, 9.17) is 0 Å². The summed E-state index contributed by atoms with van der Waals surface area (Å²) in [5, 5.41) is 18.9. The molecular weight excluding hydrogens is 454 g/mol. The largest absolute Gasteiger partial charge is 0.508 e. The summed E-state index contributed by atoms with van der Waals surface area (Å²) in [5.41, 5.74) is 2.71. The van der Waals surface area contributed by atoms with Gasteiger partial charge in [0.05, 0.1) is 4.90 Å². The highest BCUT2D eigenvalue weighted by Gasteiger charge is 2.26. The Kier molecular flexibility index (Phi) is 7.04. The van der Waals surface area contributed by atoms with Crippen molar-refractivity contribution < 1.29 is 23.4 Å². The van der Waals surface area contributed by atoms with E-state index in [9.17, 15) is 23.4 Å². The number of nitrogens with one attached hydrogen (secondary N) is 1. The minimum absolute atomic E-state index is 0.0103. The van der Waals surface area contributed by atoms with Crippen LogP contribution in [0.25, 0.3) is 0 Å². The van der Waals surface area contributed by atoms with E-state index < -0.39 is 22.0 Å². The third kappa shape index (κ3) is 5.67. The number of para-hydroxylation sites is 1. The molecule has 1 heterocycles. The predicted molar refractivity (Wildman–Crippen MR) is 131 cm³/mol. The zero-order chi connectivity index (χ0) is 24.1. The van der Waals surface area contributed by atoms with E-state index in [1.807, 2.05) is 18.2 Å². The number of phenolic OH excluding ortho intramolecular Hbond substituents is 1. The van der Waals surface area contributed by atoms with Crippen LogP contribution in [0, 0.1) is 0 Å². The number of piperazine rings is 1. The second-order valence-electron chi connectivity index (χ2n) is 8.19. The maximum atomic E-state index is 12.8. The lowest BCUT2D eigenvalue weighted by Crippen LogP contribution is -2.46. The van der Waals surface area contributed by atoms with Crippen molar-refractivity contribution in [1.82, 2.24) is 4.72 Å². The summed E-state index contributed by atoms with van der Waals surface area (Å²) in [6.07, 6.45) is -0.0430. The van der Waals surface area contributed by atoms with Crippen LogP contribution in [0.15, 0.2) is 83.8 Å². The standard InChI is InChI=1S/C25H27N3O5S/c29-22-10-6-19(7-11-22)18-24(25(30)31)26-34(32,33)23-12-8-21(9-13-23)28-16-14-27(15-17-28)20-4-2-1-3-5-20/h1-13,24,26,29H,14-18H2,(H,30,31)/t24-/m0/s1. The molecule has 8 nitrogen and oxygen atoms in total. The van der Waals surface area contributed by atoms with Gasteiger partial charge in [0.2, 0.25) is 10.0 Å². The molecule has 0 aromatic heterocycles. The summed E-state index contributed by atoms with van der Waals surface area (Å²) in [7, 11) is -4.03. The Bertz CT molecular complexity index is 1210. The molecule has 0 saturated carbocycles. The number of aromatic hydroxyl groups is 1. The minimum Gasteiger partial charge on any atom is -0.508 e. The Labute approximate surface area is 199 Å². The Morgan fingerprint density at radius 1 is 0.824 bits per heavy atom. The zero-order valence-corrected chi connectivity index (χ0v) is 19.4. The number of hydrogen-bond acceptors (Lipinski definition) is 6. The van der Waals surface area contributed by atoms with Crippen LogP contribution >= 0.6 is 0 Å². The van der Waals surface area contributed by atoms with Crippen LogP contribution in [-0.2, 0) is 21.2 Å². The quantitative estimate of drug-likeness (QED) is 0.454. The summed E-state index contributed by atoms with van der Waals surface area (Å²) in [5.74, 6) is -1.22. The SMILES string of the molecule is O=C(O)[C@H](Cc1ccc(O)cc1)NS(=O)(=O)c1ccc(N2CCN(c3ccccc3)CC2)cc1. The molecule has 4 rings (SSSR count). The van der Waals surface area contributed by atoms with Crippen LogP contribution in [-0.4, -0.2) is 56.8 Å². The van der Waals surface area contributed by atoms with Crippen LogP contribution in [0.2, 0.25) is 0 Å². The zero-order valence-electron chi connectivity index (χ0n) is 18.5. The first kappa shape index (κ1) is 23.6. The summed E-state index contributed by atoms with van der Waals surface area (Å²) in [6, 6.07) is 21.4. The Balaban J connectivity index is 1.40. The lowest BCUT2D eigenvalue weighted by molar-refractivity contribution is -0.138. The van der Waals surface area contributed by atoms with Crippen molar-refractivity contribution in [2.75, 3.05) is 36.0 Å². The molecule has 3 N–H and O–H groups in total. The van der Waals surface area contributed by atoms with Crippen molar-refractivity contribution in [3.63, 3.8) is 0 Å². The Morgan fingerprint density at radius 2 is 1.35 bits per heavy atom. The van der Waals surface area contributed by atoms with Crippen molar-refractivity contribution in [1.29, 1.82) is 0 Å². The maximum absolute atomic E-state index is 12.8.